The molecule has 5 nitrogen and oxygen atoms in total. The summed E-state index contributed by atoms with van der Waals surface area (Å²) in [6.45, 7) is 0.230. The van der Waals surface area contributed by atoms with Crippen LogP contribution in [0, 0.1) is 0 Å². The summed E-state index contributed by atoms with van der Waals surface area (Å²) in [6.07, 6.45) is -4.98. The number of carbonyl (C=O) groups excluding carboxylic acids is 1. The molecule has 1 saturated heterocycles. The molecule has 0 aliphatic carbocycles. The van der Waals surface area contributed by atoms with E-state index in [4.69, 9.17) is 0 Å². The van der Waals surface area contributed by atoms with Crippen molar-refractivity contribution in [2.45, 2.75) is 6.18 Å². The molecular weight excluding hydrogens is 263 g/mol. The molecule has 1 aliphatic rings. The van der Waals surface area contributed by atoms with Crippen LogP contribution in [0.5, 0.6) is 0 Å². The van der Waals surface area contributed by atoms with Gasteiger partial charge in [0.2, 0.25) is 0 Å². The van der Waals surface area contributed by atoms with Crippen molar-refractivity contribution in [2.75, 3.05) is 37.7 Å². The SMILES string of the molecule is O=C(OCCN1CCS(=O)(=O)CC1)C(F)(F)F. The highest BCUT2D eigenvalue weighted by Crippen LogP contribution is 2.16. The molecule has 1 rings (SSSR count). The fourth-order valence-corrected chi connectivity index (χ4v) is 2.60. The van der Waals surface area contributed by atoms with Gasteiger partial charge in [0.05, 0.1) is 11.5 Å². The molecule has 0 N–H and O–H groups in total. The molecule has 0 atom stereocenters. The fourth-order valence-electron chi connectivity index (χ4n) is 1.32. The smallest absolute Gasteiger partial charge is 0.458 e. The minimum absolute atomic E-state index is 0.0137. The first-order valence-corrected chi connectivity index (χ1v) is 6.69. The molecule has 9 heteroatoms. The monoisotopic (exact) mass is 275 g/mol. The summed E-state index contributed by atoms with van der Waals surface area (Å²) in [5.41, 5.74) is 0. The molecule has 17 heavy (non-hydrogen) atoms. The molecule has 0 radical (unpaired) electrons. The molecule has 0 aromatic carbocycles. The highest BCUT2D eigenvalue weighted by atomic mass is 32.2. The molecule has 0 saturated carbocycles. The third-order valence-electron chi connectivity index (χ3n) is 2.31. The van der Waals surface area contributed by atoms with Gasteiger partial charge in [-0.05, 0) is 0 Å². The zero-order valence-electron chi connectivity index (χ0n) is 8.86. The molecule has 1 aliphatic heterocycles. The van der Waals surface area contributed by atoms with Crippen molar-refractivity contribution in [3.63, 3.8) is 0 Å². The Morgan fingerprint density at radius 1 is 1.24 bits per heavy atom. The van der Waals surface area contributed by atoms with Crippen LogP contribution >= 0.6 is 0 Å². The summed E-state index contributed by atoms with van der Waals surface area (Å²) in [6, 6.07) is 0. The van der Waals surface area contributed by atoms with Gasteiger partial charge in [0, 0.05) is 19.6 Å². The minimum Gasteiger partial charge on any atom is -0.458 e. The number of hydrogen-bond donors (Lipinski definition) is 0. The maximum atomic E-state index is 11.7. The topological polar surface area (TPSA) is 63.7 Å². The Labute approximate surface area is 96.4 Å². The summed E-state index contributed by atoms with van der Waals surface area (Å²) in [5, 5.41) is 0. The molecule has 1 heterocycles. The number of halogens is 3. The second kappa shape index (κ2) is 5.21. The van der Waals surface area contributed by atoms with Gasteiger partial charge in [0.1, 0.15) is 6.61 Å². The van der Waals surface area contributed by atoms with Crippen LogP contribution in [0.15, 0.2) is 0 Å². The van der Waals surface area contributed by atoms with Gasteiger partial charge in [0.15, 0.2) is 9.84 Å². The lowest BCUT2D eigenvalue weighted by Crippen LogP contribution is -2.42. The maximum absolute atomic E-state index is 11.7. The van der Waals surface area contributed by atoms with Crippen LogP contribution in [-0.2, 0) is 19.4 Å². The van der Waals surface area contributed by atoms with Gasteiger partial charge >= 0.3 is 12.1 Å². The van der Waals surface area contributed by atoms with Crippen molar-refractivity contribution in [2.24, 2.45) is 0 Å². The van der Waals surface area contributed by atoms with Crippen LogP contribution in [-0.4, -0.2) is 63.2 Å². The number of hydrogen-bond acceptors (Lipinski definition) is 5. The predicted molar refractivity (Wildman–Crippen MR) is 52.1 cm³/mol. The zero-order valence-corrected chi connectivity index (χ0v) is 9.68. The molecule has 0 aromatic heterocycles. The predicted octanol–water partition coefficient (Wildman–Crippen LogP) is -0.178. The molecule has 0 spiro atoms. The van der Waals surface area contributed by atoms with E-state index in [-0.39, 0.29) is 31.1 Å². The van der Waals surface area contributed by atoms with E-state index < -0.39 is 28.6 Å². The molecule has 0 unspecified atom stereocenters. The van der Waals surface area contributed by atoms with Gasteiger partial charge in [-0.2, -0.15) is 13.2 Å². The first-order valence-electron chi connectivity index (χ1n) is 4.87. The Hall–Kier alpha value is -0.830. The second-order valence-electron chi connectivity index (χ2n) is 3.63. The summed E-state index contributed by atoms with van der Waals surface area (Å²) in [4.78, 5) is 12.0. The van der Waals surface area contributed by atoms with Crippen LogP contribution in [0.1, 0.15) is 0 Å². The summed E-state index contributed by atoms with van der Waals surface area (Å²) >= 11 is 0. The third-order valence-corrected chi connectivity index (χ3v) is 3.92. The number of nitrogens with zero attached hydrogens (tertiary/aromatic N) is 1. The van der Waals surface area contributed by atoms with Gasteiger partial charge in [-0.25, -0.2) is 13.2 Å². The lowest BCUT2D eigenvalue weighted by atomic mass is 10.5. The zero-order chi connectivity index (χ0) is 13.1. The standard InChI is InChI=1S/C8H12F3NO4S/c9-8(10,11)7(13)16-4-1-12-2-5-17(14,15)6-3-12/h1-6H2. The van der Waals surface area contributed by atoms with Gasteiger partial charge in [-0.3, -0.25) is 4.90 Å². The van der Waals surface area contributed by atoms with Gasteiger partial charge < -0.3 is 4.74 Å². The van der Waals surface area contributed by atoms with Gasteiger partial charge in [0.25, 0.3) is 0 Å². The summed E-state index contributed by atoms with van der Waals surface area (Å²) < 4.78 is 61.4. The minimum atomic E-state index is -4.98. The number of carbonyl (C=O) groups is 1. The third kappa shape index (κ3) is 4.90. The Morgan fingerprint density at radius 2 is 1.76 bits per heavy atom. The van der Waals surface area contributed by atoms with Crippen molar-refractivity contribution in [3.8, 4) is 0 Å². The molecule has 0 aromatic rings. The van der Waals surface area contributed by atoms with Crippen LogP contribution in [0.4, 0.5) is 13.2 Å². The van der Waals surface area contributed by atoms with Crippen molar-refractivity contribution in [1.82, 2.24) is 4.90 Å². The number of alkyl halides is 3. The highest BCUT2D eigenvalue weighted by Gasteiger charge is 2.40. The lowest BCUT2D eigenvalue weighted by molar-refractivity contribution is -0.199. The van der Waals surface area contributed by atoms with Crippen LogP contribution in [0.2, 0.25) is 0 Å². The van der Waals surface area contributed by atoms with Crippen LogP contribution < -0.4 is 0 Å². The van der Waals surface area contributed by atoms with E-state index in [1.807, 2.05) is 0 Å². The Kier molecular flexibility index (Phi) is 4.36. The first-order chi connectivity index (χ1) is 7.71. The summed E-state index contributed by atoms with van der Waals surface area (Å²) in [5.74, 6) is -2.25. The Balaban J connectivity index is 2.23. The van der Waals surface area contributed by atoms with Crippen LogP contribution in [0.3, 0.4) is 0 Å². The quantitative estimate of drug-likeness (QED) is 0.669. The molecule has 100 valence electrons. The highest BCUT2D eigenvalue weighted by molar-refractivity contribution is 7.91. The number of rotatable bonds is 3. The van der Waals surface area contributed by atoms with E-state index in [0.29, 0.717) is 0 Å². The van der Waals surface area contributed by atoms with Crippen molar-refractivity contribution in [1.29, 1.82) is 0 Å². The number of sulfone groups is 1. The largest absolute Gasteiger partial charge is 0.490 e. The maximum Gasteiger partial charge on any atom is 0.490 e. The average Bonchev–Trinajstić information content (AvgIpc) is 2.19. The van der Waals surface area contributed by atoms with Crippen molar-refractivity contribution >= 4 is 15.8 Å². The first kappa shape index (κ1) is 14.2. The molecule has 0 bridgehead atoms. The molecular formula is C8H12F3NO4S. The Morgan fingerprint density at radius 3 is 2.24 bits per heavy atom. The lowest BCUT2D eigenvalue weighted by Gasteiger charge is -2.26. The number of esters is 1. The van der Waals surface area contributed by atoms with Crippen molar-refractivity contribution < 1.29 is 31.1 Å². The van der Waals surface area contributed by atoms with E-state index in [1.54, 1.807) is 4.90 Å². The summed E-state index contributed by atoms with van der Waals surface area (Å²) in [7, 11) is -3.01. The normalized spacial score (nSPS) is 21.1. The Bertz CT molecular complexity index is 365. The molecule has 1 fully saturated rings. The van der Waals surface area contributed by atoms with Gasteiger partial charge in [-0.15, -0.1) is 0 Å². The van der Waals surface area contributed by atoms with Crippen LogP contribution in [0.25, 0.3) is 0 Å². The fraction of sp³-hybridized carbons (Fsp3) is 0.875. The second-order valence-corrected chi connectivity index (χ2v) is 5.93. The average molecular weight is 275 g/mol. The van der Waals surface area contributed by atoms with E-state index in [2.05, 4.69) is 4.74 Å². The van der Waals surface area contributed by atoms with E-state index in [9.17, 15) is 26.4 Å². The van der Waals surface area contributed by atoms with Gasteiger partial charge in [-0.1, -0.05) is 0 Å². The van der Waals surface area contributed by atoms with E-state index in [0.717, 1.165) is 0 Å². The number of ether oxygens (including phenoxy) is 1. The van der Waals surface area contributed by atoms with E-state index >= 15 is 0 Å². The van der Waals surface area contributed by atoms with E-state index in [1.165, 1.54) is 0 Å². The molecule has 0 amide bonds. The van der Waals surface area contributed by atoms with Crippen molar-refractivity contribution in [3.05, 3.63) is 0 Å².